The second kappa shape index (κ2) is 7.51. The first-order valence-corrected chi connectivity index (χ1v) is 7.74. The number of rotatable bonds is 5. The zero-order valence-electron chi connectivity index (χ0n) is 13.7. The molecule has 0 aliphatic heterocycles. The maximum absolute atomic E-state index is 12.6. The van der Waals surface area contributed by atoms with Gasteiger partial charge in [-0.2, -0.15) is 13.2 Å². The molecule has 0 saturated carbocycles. The third-order valence-corrected chi connectivity index (χ3v) is 3.96. The quantitative estimate of drug-likeness (QED) is 0.852. The summed E-state index contributed by atoms with van der Waals surface area (Å²) in [5.74, 6) is -0.175. The number of hydrogen-bond donors (Lipinski definition) is 1. The normalized spacial score (nSPS) is 11.4. The van der Waals surface area contributed by atoms with Gasteiger partial charge < -0.3 is 5.32 Å². The van der Waals surface area contributed by atoms with Gasteiger partial charge in [0.2, 0.25) is 5.91 Å². The summed E-state index contributed by atoms with van der Waals surface area (Å²) in [6.45, 7) is 4.14. The first-order valence-electron chi connectivity index (χ1n) is 7.74. The number of benzene rings is 2. The van der Waals surface area contributed by atoms with E-state index in [1.807, 2.05) is 26.0 Å². The summed E-state index contributed by atoms with van der Waals surface area (Å²) in [6.07, 6.45) is -3.46. The van der Waals surface area contributed by atoms with Crippen LogP contribution in [0.25, 0.3) is 0 Å². The van der Waals surface area contributed by atoms with Gasteiger partial charge in [0.15, 0.2) is 0 Å². The lowest BCUT2D eigenvalue weighted by atomic mass is 10.0. The summed E-state index contributed by atoms with van der Waals surface area (Å²) in [5, 5.41) is 2.67. The fourth-order valence-corrected chi connectivity index (χ4v) is 2.36. The van der Waals surface area contributed by atoms with Crippen LogP contribution in [0.2, 0.25) is 0 Å². The number of halogens is 3. The number of carbonyl (C=O) groups excluding carboxylic acids is 1. The maximum Gasteiger partial charge on any atom is 0.416 e. The van der Waals surface area contributed by atoms with Crippen molar-refractivity contribution in [2.75, 3.05) is 0 Å². The molecule has 0 radical (unpaired) electrons. The van der Waals surface area contributed by atoms with Crippen LogP contribution in [-0.2, 0) is 23.9 Å². The molecule has 0 fully saturated rings. The summed E-state index contributed by atoms with van der Waals surface area (Å²) in [7, 11) is 0. The van der Waals surface area contributed by atoms with E-state index in [9.17, 15) is 18.0 Å². The van der Waals surface area contributed by atoms with Crippen LogP contribution < -0.4 is 5.32 Å². The molecule has 0 aliphatic carbocycles. The summed E-state index contributed by atoms with van der Waals surface area (Å²) >= 11 is 0. The van der Waals surface area contributed by atoms with Crippen molar-refractivity contribution in [3.8, 4) is 0 Å². The van der Waals surface area contributed by atoms with Gasteiger partial charge in [0, 0.05) is 13.0 Å². The molecule has 0 unspecified atom stereocenters. The van der Waals surface area contributed by atoms with Gasteiger partial charge in [0.05, 0.1) is 5.56 Å². The van der Waals surface area contributed by atoms with Gasteiger partial charge in [-0.15, -0.1) is 0 Å². The highest BCUT2D eigenvalue weighted by molar-refractivity contribution is 5.76. The minimum atomic E-state index is -4.37. The molecule has 0 aliphatic rings. The smallest absolute Gasteiger partial charge is 0.352 e. The average Bonchev–Trinajstić information content (AvgIpc) is 2.53. The predicted molar refractivity (Wildman–Crippen MR) is 87.5 cm³/mol. The molecule has 0 aromatic heterocycles. The molecule has 0 spiro atoms. The molecule has 1 amide bonds. The van der Waals surface area contributed by atoms with E-state index in [-0.39, 0.29) is 12.5 Å². The zero-order chi connectivity index (χ0) is 17.7. The number of alkyl halides is 3. The predicted octanol–water partition coefficient (Wildman–Crippen LogP) is 4.57. The Morgan fingerprint density at radius 2 is 1.75 bits per heavy atom. The fourth-order valence-electron chi connectivity index (χ4n) is 2.36. The van der Waals surface area contributed by atoms with Crippen molar-refractivity contribution in [2.45, 2.75) is 39.4 Å². The van der Waals surface area contributed by atoms with Crippen molar-refractivity contribution in [3.05, 3.63) is 70.3 Å². The van der Waals surface area contributed by atoms with E-state index in [4.69, 9.17) is 0 Å². The lowest BCUT2D eigenvalue weighted by molar-refractivity contribution is -0.137. The second-order valence-corrected chi connectivity index (χ2v) is 5.89. The van der Waals surface area contributed by atoms with Crippen LogP contribution in [0, 0.1) is 13.8 Å². The van der Waals surface area contributed by atoms with Crippen molar-refractivity contribution < 1.29 is 18.0 Å². The highest BCUT2D eigenvalue weighted by Crippen LogP contribution is 2.29. The molecule has 0 saturated heterocycles. The number of aryl methyl sites for hydroxylation is 3. The SMILES string of the molecule is Cc1ccc(CCC(=O)NCc2cccc(C(F)(F)F)c2)cc1C. The maximum atomic E-state index is 12.6. The number of carbonyl (C=O) groups is 1. The van der Waals surface area contributed by atoms with Crippen LogP contribution in [0.1, 0.15) is 34.2 Å². The summed E-state index contributed by atoms with van der Waals surface area (Å²) in [5.41, 5.74) is 3.19. The van der Waals surface area contributed by atoms with E-state index in [1.165, 1.54) is 17.2 Å². The molecule has 0 bridgehead atoms. The molecular weight excluding hydrogens is 315 g/mol. The molecule has 0 atom stereocenters. The molecular formula is C19H20F3NO. The third-order valence-electron chi connectivity index (χ3n) is 3.96. The molecule has 2 aromatic carbocycles. The van der Waals surface area contributed by atoms with E-state index in [1.54, 1.807) is 6.07 Å². The van der Waals surface area contributed by atoms with E-state index >= 15 is 0 Å². The number of nitrogens with one attached hydrogen (secondary N) is 1. The summed E-state index contributed by atoms with van der Waals surface area (Å²) < 4.78 is 37.9. The van der Waals surface area contributed by atoms with Gasteiger partial charge in [-0.1, -0.05) is 30.3 Å². The van der Waals surface area contributed by atoms with E-state index in [0.29, 0.717) is 18.4 Å². The van der Waals surface area contributed by atoms with Crippen LogP contribution in [0.4, 0.5) is 13.2 Å². The highest BCUT2D eigenvalue weighted by Gasteiger charge is 2.30. The Kier molecular flexibility index (Phi) is 5.65. The Balaban J connectivity index is 1.86. The Morgan fingerprint density at radius 3 is 2.42 bits per heavy atom. The standard InChI is InChI=1S/C19H20F3NO/c1-13-6-7-15(10-14(13)2)8-9-18(24)23-12-16-4-3-5-17(11-16)19(20,21)22/h3-7,10-11H,8-9,12H2,1-2H3,(H,23,24). The van der Waals surface area contributed by atoms with Crippen LogP contribution >= 0.6 is 0 Å². The molecule has 128 valence electrons. The second-order valence-electron chi connectivity index (χ2n) is 5.89. The van der Waals surface area contributed by atoms with E-state index < -0.39 is 11.7 Å². The summed E-state index contributed by atoms with van der Waals surface area (Å²) in [4.78, 5) is 11.9. The van der Waals surface area contributed by atoms with Crippen molar-refractivity contribution in [1.82, 2.24) is 5.32 Å². The van der Waals surface area contributed by atoms with Gasteiger partial charge >= 0.3 is 6.18 Å². The lowest BCUT2D eigenvalue weighted by Crippen LogP contribution is -2.23. The van der Waals surface area contributed by atoms with Crippen LogP contribution in [0.5, 0.6) is 0 Å². The lowest BCUT2D eigenvalue weighted by Gasteiger charge is -2.10. The Labute approximate surface area is 139 Å². The molecule has 0 heterocycles. The Bertz CT molecular complexity index is 723. The first-order chi connectivity index (χ1) is 11.3. The largest absolute Gasteiger partial charge is 0.416 e. The van der Waals surface area contributed by atoms with E-state index in [2.05, 4.69) is 11.4 Å². The van der Waals surface area contributed by atoms with Gasteiger partial charge in [0.1, 0.15) is 0 Å². The first kappa shape index (κ1) is 18.0. The minimum Gasteiger partial charge on any atom is -0.352 e. The zero-order valence-corrected chi connectivity index (χ0v) is 13.7. The molecule has 5 heteroatoms. The van der Waals surface area contributed by atoms with Crippen molar-refractivity contribution in [1.29, 1.82) is 0 Å². The summed E-state index contributed by atoms with van der Waals surface area (Å²) in [6, 6.07) is 11.1. The number of hydrogen-bond acceptors (Lipinski definition) is 1. The highest BCUT2D eigenvalue weighted by atomic mass is 19.4. The average molecular weight is 335 g/mol. The molecule has 24 heavy (non-hydrogen) atoms. The van der Waals surface area contributed by atoms with Gasteiger partial charge in [0.25, 0.3) is 0 Å². The van der Waals surface area contributed by atoms with Crippen molar-refractivity contribution in [2.24, 2.45) is 0 Å². The van der Waals surface area contributed by atoms with Crippen LogP contribution in [0.3, 0.4) is 0 Å². The molecule has 2 aromatic rings. The molecule has 2 nitrogen and oxygen atoms in total. The van der Waals surface area contributed by atoms with Gasteiger partial charge in [-0.05, 0) is 54.7 Å². The minimum absolute atomic E-state index is 0.0929. The molecule has 2 rings (SSSR count). The van der Waals surface area contributed by atoms with Gasteiger partial charge in [-0.3, -0.25) is 4.79 Å². The molecule has 1 N–H and O–H groups in total. The number of amides is 1. The Hall–Kier alpha value is -2.30. The fraction of sp³-hybridized carbons (Fsp3) is 0.316. The van der Waals surface area contributed by atoms with Crippen molar-refractivity contribution in [3.63, 3.8) is 0 Å². The Morgan fingerprint density at radius 1 is 1.00 bits per heavy atom. The van der Waals surface area contributed by atoms with Gasteiger partial charge in [-0.25, -0.2) is 0 Å². The monoisotopic (exact) mass is 335 g/mol. The topological polar surface area (TPSA) is 29.1 Å². The third kappa shape index (κ3) is 5.11. The van der Waals surface area contributed by atoms with Crippen LogP contribution in [0.15, 0.2) is 42.5 Å². The van der Waals surface area contributed by atoms with Crippen LogP contribution in [-0.4, -0.2) is 5.91 Å². The van der Waals surface area contributed by atoms with Crippen molar-refractivity contribution >= 4 is 5.91 Å². The van der Waals surface area contributed by atoms with E-state index in [0.717, 1.165) is 17.7 Å².